The largest absolute Gasteiger partial charge is 0.478 e. The highest BCUT2D eigenvalue weighted by atomic mass is 32.2. The Morgan fingerprint density at radius 1 is 1.26 bits per heavy atom. The van der Waals surface area contributed by atoms with Crippen LogP contribution in [0.4, 0.5) is 17.1 Å². The minimum Gasteiger partial charge on any atom is -0.478 e. The Labute approximate surface area is 115 Å². The van der Waals surface area contributed by atoms with E-state index in [9.17, 15) is 4.79 Å². The Morgan fingerprint density at radius 2 is 2.05 bits per heavy atom. The molecule has 0 unspecified atom stereocenters. The quantitative estimate of drug-likeness (QED) is 0.588. The van der Waals surface area contributed by atoms with Crippen LogP contribution in [-0.2, 0) is 0 Å². The first-order chi connectivity index (χ1) is 9.10. The lowest BCUT2D eigenvalue weighted by molar-refractivity contribution is 0.0697. The van der Waals surface area contributed by atoms with Crippen LogP contribution in [0.1, 0.15) is 10.4 Å². The topological polar surface area (TPSA) is 75.3 Å². The number of hydrogen-bond donors (Lipinski definition) is 3. The molecule has 0 saturated carbocycles. The molecule has 0 atom stereocenters. The first-order valence-corrected chi connectivity index (χ1v) is 6.86. The standard InChI is InChI=1S/C14H14N2O2S/c1-19-11-4-2-3-10(8-11)16-13-6-5-9(14(17)18)7-12(13)15/h2-8,16H,15H2,1H3,(H,17,18). The molecule has 0 fully saturated rings. The van der Waals surface area contributed by atoms with E-state index in [1.165, 1.54) is 12.1 Å². The SMILES string of the molecule is CSc1cccc(Nc2ccc(C(=O)O)cc2N)c1. The molecule has 0 aliphatic carbocycles. The van der Waals surface area contributed by atoms with Crippen molar-refractivity contribution >= 4 is 34.8 Å². The highest BCUT2D eigenvalue weighted by Gasteiger charge is 2.06. The van der Waals surface area contributed by atoms with E-state index in [1.54, 1.807) is 17.8 Å². The molecular weight excluding hydrogens is 260 g/mol. The summed E-state index contributed by atoms with van der Waals surface area (Å²) >= 11 is 1.66. The number of aromatic carboxylic acids is 1. The number of thioether (sulfide) groups is 1. The van der Waals surface area contributed by atoms with Crippen LogP contribution in [0.2, 0.25) is 0 Å². The maximum atomic E-state index is 10.8. The van der Waals surface area contributed by atoms with Gasteiger partial charge in [-0.25, -0.2) is 4.79 Å². The summed E-state index contributed by atoms with van der Waals surface area (Å²) in [6.07, 6.45) is 2.01. The van der Waals surface area contributed by atoms with Crippen molar-refractivity contribution in [2.24, 2.45) is 0 Å². The van der Waals surface area contributed by atoms with Crippen molar-refractivity contribution in [3.8, 4) is 0 Å². The Morgan fingerprint density at radius 3 is 2.68 bits per heavy atom. The Hall–Kier alpha value is -2.14. The van der Waals surface area contributed by atoms with Gasteiger partial charge in [-0.05, 0) is 42.7 Å². The van der Waals surface area contributed by atoms with Crippen molar-refractivity contribution in [3.63, 3.8) is 0 Å². The van der Waals surface area contributed by atoms with Gasteiger partial charge in [-0.15, -0.1) is 11.8 Å². The summed E-state index contributed by atoms with van der Waals surface area (Å²) in [5, 5.41) is 12.1. The molecule has 2 aromatic carbocycles. The van der Waals surface area contributed by atoms with Gasteiger partial charge in [0.05, 0.1) is 16.9 Å². The molecule has 0 heterocycles. The van der Waals surface area contributed by atoms with Crippen LogP contribution >= 0.6 is 11.8 Å². The van der Waals surface area contributed by atoms with Gasteiger partial charge in [-0.1, -0.05) is 6.07 Å². The maximum Gasteiger partial charge on any atom is 0.335 e. The zero-order valence-electron chi connectivity index (χ0n) is 10.4. The van der Waals surface area contributed by atoms with Crippen LogP contribution in [0.15, 0.2) is 47.4 Å². The number of benzene rings is 2. The molecule has 4 nitrogen and oxygen atoms in total. The minimum atomic E-state index is -0.984. The van der Waals surface area contributed by atoms with E-state index >= 15 is 0 Å². The van der Waals surface area contributed by atoms with Gasteiger partial charge in [0.25, 0.3) is 0 Å². The number of carboxylic acids is 1. The average molecular weight is 274 g/mol. The summed E-state index contributed by atoms with van der Waals surface area (Å²) in [4.78, 5) is 12.0. The van der Waals surface area contributed by atoms with Crippen LogP contribution < -0.4 is 11.1 Å². The first kappa shape index (κ1) is 13.3. The summed E-state index contributed by atoms with van der Waals surface area (Å²) in [6.45, 7) is 0. The molecule has 19 heavy (non-hydrogen) atoms. The predicted octanol–water partition coefficient (Wildman–Crippen LogP) is 3.43. The van der Waals surface area contributed by atoms with Gasteiger partial charge in [0.2, 0.25) is 0 Å². The van der Waals surface area contributed by atoms with E-state index in [0.717, 1.165) is 10.6 Å². The van der Waals surface area contributed by atoms with E-state index in [4.69, 9.17) is 10.8 Å². The van der Waals surface area contributed by atoms with Crippen molar-refractivity contribution in [2.75, 3.05) is 17.3 Å². The van der Waals surface area contributed by atoms with Gasteiger partial charge in [-0.2, -0.15) is 0 Å². The van der Waals surface area contributed by atoms with E-state index in [2.05, 4.69) is 5.32 Å². The van der Waals surface area contributed by atoms with Gasteiger partial charge in [0.1, 0.15) is 0 Å². The molecule has 0 bridgehead atoms. The highest BCUT2D eigenvalue weighted by Crippen LogP contribution is 2.26. The first-order valence-electron chi connectivity index (χ1n) is 5.64. The Kier molecular flexibility index (Phi) is 3.97. The number of hydrogen-bond acceptors (Lipinski definition) is 4. The summed E-state index contributed by atoms with van der Waals surface area (Å²) in [5.41, 5.74) is 8.06. The van der Waals surface area contributed by atoms with Crippen molar-refractivity contribution in [2.45, 2.75) is 4.90 Å². The van der Waals surface area contributed by atoms with E-state index < -0.39 is 5.97 Å². The summed E-state index contributed by atoms with van der Waals surface area (Å²) in [7, 11) is 0. The van der Waals surface area contributed by atoms with E-state index in [-0.39, 0.29) is 5.56 Å². The second kappa shape index (κ2) is 5.67. The molecule has 0 aromatic heterocycles. The molecule has 0 aliphatic heterocycles. The maximum absolute atomic E-state index is 10.8. The summed E-state index contributed by atoms with van der Waals surface area (Å²) in [5.74, 6) is -0.984. The molecule has 2 rings (SSSR count). The number of nitrogens with two attached hydrogens (primary N) is 1. The van der Waals surface area contributed by atoms with Crippen LogP contribution in [-0.4, -0.2) is 17.3 Å². The van der Waals surface area contributed by atoms with E-state index in [0.29, 0.717) is 11.4 Å². The number of nitrogens with one attached hydrogen (secondary N) is 1. The van der Waals surface area contributed by atoms with Gasteiger partial charge >= 0.3 is 5.97 Å². The molecular formula is C14H14N2O2S. The third-order valence-electron chi connectivity index (χ3n) is 2.65. The summed E-state index contributed by atoms with van der Waals surface area (Å²) < 4.78 is 0. The van der Waals surface area contributed by atoms with Crippen LogP contribution in [0.5, 0.6) is 0 Å². The molecule has 98 valence electrons. The normalized spacial score (nSPS) is 10.2. The zero-order chi connectivity index (χ0) is 13.8. The average Bonchev–Trinajstić information content (AvgIpc) is 2.41. The Bertz CT molecular complexity index is 614. The number of nitrogen functional groups attached to an aromatic ring is 1. The second-order valence-electron chi connectivity index (χ2n) is 3.96. The Balaban J connectivity index is 2.25. The molecule has 0 radical (unpaired) electrons. The number of carbonyl (C=O) groups is 1. The second-order valence-corrected chi connectivity index (χ2v) is 4.84. The lowest BCUT2D eigenvalue weighted by Gasteiger charge is -2.10. The monoisotopic (exact) mass is 274 g/mol. The van der Waals surface area contributed by atoms with Crippen LogP contribution in [0.3, 0.4) is 0 Å². The van der Waals surface area contributed by atoms with Crippen LogP contribution in [0.25, 0.3) is 0 Å². The van der Waals surface area contributed by atoms with Gasteiger partial charge in [0, 0.05) is 10.6 Å². The van der Waals surface area contributed by atoms with Crippen molar-refractivity contribution < 1.29 is 9.90 Å². The van der Waals surface area contributed by atoms with Crippen molar-refractivity contribution in [3.05, 3.63) is 48.0 Å². The fourth-order valence-corrected chi connectivity index (χ4v) is 2.13. The zero-order valence-corrected chi connectivity index (χ0v) is 11.2. The molecule has 4 N–H and O–H groups in total. The lowest BCUT2D eigenvalue weighted by atomic mass is 10.1. The fraction of sp³-hybridized carbons (Fsp3) is 0.0714. The van der Waals surface area contributed by atoms with E-state index in [1.807, 2.05) is 30.5 Å². The van der Waals surface area contributed by atoms with Gasteiger partial charge in [-0.3, -0.25) is 0 Å². The number of carboxylic acid groups (broad SMARTS) is 1. The smallest absolute Gasteiger partial charge is 0.335 e. The molecule has 0 amide bonds. The lowest BCUT2D eigenvalue weighted by Crippen LogP contribution is -2.01. The molecule has 0 aliphatic rings. The minimum absolute atomic E-state index is 0.181. The third kappa shape index (κ3) is 3.20. The number of anilines is 3. The molecule has 0 spiro atoms. The molecule has 0 saturated heterocycles. The molecule has 5 heteroatoms. The van der Waals surface area contributed by atoms with Crippen molar-refractivity contribution in [1.29, 1.82) is 0 Å². The fourth-order valence-electron chi connectivity index (χ4n) is 1.67. The van der Waals surface area contributed by atoms with Crippen molar-refractivity contribution in [1.82, 2.24) is 0 Å². The van der Waals surface area contributed by atoms with Gasteiger partial charge < -0.3 is 16.2 Å². The predicted molar refractivity (Wildman–Crippen MR) is 79.3 cm³/mol. The summed E-state index contributed by atoms with van der Waals surface area (Å²) in [6, 6.07) is 12.6. The third-order valence-corrected chi connectivity index (χ3v) is 3.37. The van der Waals surface area contributed by atoms with Crippen LogP contribution in [0, 0.1) is 0 Å². The van der Waals surface area contributed by atoms with Gasteiger partial charge in [0.15, 0.2) is 0 Å². The highest BCUT2D eigenvalue weighted by molar-refractivity contribution is 7.98. The molecule has 2 aromatic rings. The number of rotatable bonds is 4.